The van der Waals surface area contributed by atoms with Gasteiger partial charge in [-0.15, -0.1) is 0 Å². The third kappa shape index (κ3) is 5.60. The Morgan fingerprint density at radius 3 is 2.29 bits per heavy atom. The van der Waals surface area contributed by atoms with Crippen LogP contribution in [0.4, 0.5) is 20.2 Å². The van der Waals surface area contributed by atoms with Gasteiger partial charge in [-0.25, -0.2) is 13.6 Å². The molecule has 2 amide bonds. The Kier molecular flexibility index (Phi) is 7.20. The molecule has 2 rings (SSSR count). The number of rotatable bonds is 7. The molecule has 0 aromatic heterocycles. The molecule has 0 unspecified atom stereocenters. The highest BCUT2D eigenvalue weighted by molar-refractivity contribution is 5.95. The van der Waals surface area contributed by atoms with Crippen molar-refractivity contribution in [3.05, 3.63) is 59.7 Å². The Morgan fingerprint density at radius 1 is 1.04 bits per heavy atom. The molecule has 0 bridgehead atoms. The number of ether oxygens (including phenoxy) is 1. The number of esters is 1. The van der Waals surface area contributed by atoms with Gasteiger partial charge in [0.15, 0.2) is 11.6 Å². The predicted octanol–water partition coefficient (Wildman–Crippen LogP) is 3.52. The minimum Gasteiger partial charge on any atom is -0.462 e. The first-order valence-electron chi connectivity index (χ1n) is 8.62. The zero-order valence-electron chi connectivity index (χ0n) is 15.5. The van der Waals surface area contributed by atoms with Crippen LogP contribution in [0, 0.1) is 11.6 Å². The Balaban J connectivity index is 2.00. The molecule has 0 radical (unpaired) electrons. The fourth-order valence-electron chi connectivity index (χ4n) is 2.47. The van der Waals surface area contributed by atoms with Crippen molar-refractivity contribution >= 4 is 29.2 Å². The average Bonchev–Trinajstić information content (AvgIpc) is 2.65. The van der Waals surface area contributed by atoms with E-state index in [1.807, 2.05) is 0 Å². The van der Waals surface area contributed by atoms with Crippen LogP contribution in [-0.2, 0) is 14.3 Å². The van der Waals surface area contributed by atoms with Gasteiger partial charge in [0.2, 0.25) is 11.8 Å². The van der Waals surface area contributed by atoms with E-state index in [4.69, 9.17) is 4.74 Å². The van der Waals surface area contributed by atoms with Crippen LogP contribution >= 0.6 is 0 Å². The molecular weight excluding hydrogens is 370 g/mol. The molecule has 0 saturated heterocycles. The summed E-state index contributed by atoms with van der Waals surface area (Å²) in [7, 11) is 0. The first-order valence-corrected chi connectivity index (χ1v) is 8.62. The number of benzene rings is 2. The molecule has 0 fully saturated rings. The summed E-state index contributed by atoms with van der Waals surface area (Å²) < 4.78 is 31.0. The van der Waals surface area contributed by atoms with E-state index < -0.39 is 23.5 Å². The van der Waals surface area contributed by atoms with Crippen LogP contribution in [0.15, 0.2) is 42.5 Å². The predicted molar refractivity (Wildman–Crippen MR) is 100 cm³/mol. The van der Waals surface area contributed by atoms with Crippen LogP contribution in [-0.4, -0.2) is 30.9 Å². The quantitative estimate of drug-likeness (QED) is 0.734. The van der Waals surface area contributed by atoms with Gasteiger partial charge >= 0.3 is 5.97 Å². The zero-order chi connectivity index (χ0) is 20.7. The Labute approximate surface area is 161 Å². The number of carbonyl (C=O) groups excluding carboxylic acids is 3. The smallest absolute Gasteiger partial charge is 0.338 e. The summed E-state index contributed by atoms with van der Waals surface area (Å²) in [5.41, 5.74) is 0.989. The third-order valence-corrected chi connectivity index (χ3v) is 3.84. The van der Waals surface area contributed by atoms with E-state index in [0.29, 0.717) is 11.3 Å². The molecule has 2 aromatic carbocycles. The zero-order valence-corrected chi connectivity index (χ0v) is 15.5. The van der Waals surface area contributed by atoms with E-state index in [1.165, 1.54) is 30.0 Å². The van der Waals surface area contributed by atoms with Crippen LogP contribution in [0.5, 0.6) is 0 Å². The van der Waals surface area contributed by atoms with Crippen molar-refractivity contribution in [2.75, 3.05) is 23.4 Å². The number of amides is 2. The summed E-state index contributed by atoms with van der Waals surface area (Å²) in [6.07, 6.45) is -0.0573. The maximum absolute atomic E-state index is 13.2. The highest BCUT2D eigenvalue weighted by Crippen LogP contribution is 2.18. The standard InChI is InChI=1S/C20H20F2N2O4/c1-3-28-20(27)14-4-7-16(8-5-14)24(13(2)25)11-10-19(26)23-15-6-9-17(21)18(22)12-15/h4-9,12H,3,10-11H2,1-2H3,(H,23,26). The number of nitrogens with zero attached hydrogens (tertiary/aromatic N) is 1. The van der Waals surface area contributed by atoms with Gasteiger partial charge in [-0.2, -0.15) is 0 Å². The number of carbonyl (C=O) groups is 3. The minimum atomic E-state index is -1.06. The molecule has 0 aliphatic heterocycles. The summed E-state index contributed by atoms with van der Waals surface area (Å²) in [5.74, 6) is -3.28. The normalized spacial score (nSPS) is 10.3. The van der Waals surface area contributed by atoms with E-state index in [0.717, 1.165) is 12.1 Å². The van der Waals surface area contributed by atoms with Gasteiger partial charge < -0.3 is 15.0 Å². The number of hydrogen-bond acceptors (Lipinski definition) is 4. The second-order valence-electron chi connectivity index (χ2n) is 5.87. The van der Waals surface area contributed by atoms with Gasteiger partial charge in [0, 0.05) is 37.3 Å². The fourth-order valence-corrected chi connectivity index (χ4v) is 2.47. The first-order chi connectivity index (χ1) is 13.3. The van der Waals surface area contributed by atoms with E-state index >= 15 is 0 Å². The van der Waals surface area contributed by atoms with Crippen molar-refractivity contribution < 1.29 is 27.9 Å². The lowest BCUT2D eigenvalue weighted by atomic mass is 10.2. The lowest BCUT2D eigenvalue weighted by molar-refractivity contribution is -0.117. The maximum Gasteiger partial charge on any atom is 0.338 e. The van der Waals surface area contributed by atoms with Crippen molar-refractivity contribution in [2.24, 2.45) is 0 Å². The molecule has 0 aliphatic rings. The molecule has 28 heavy (non-hydrogen) atoms. The van der Waals surface area contributed by atoms with Gasteiger partial charge in [-0.1, -0.05) is 0 Å². The van der Waals surface area contributed by atoms with Crippen molar-refractivity contribution in [1.82, 2.24) is 0 Å². The van der Waals surface area contributed by atoms with Gasteiger partial charge in [0.05, 0.1) is 12.2 Å². The van der Waals surface area contributed by atoms with Crippen LogP contribution in [0.2, 0.25) is 0 Å². The Hall–Kier alpha value is -3.29. The van der Waals surface area contributed by atoms with E-state index in [9.17, 15) is 23.2 Å². The molecular formula is C20H20F2N2O4. The monoisotopic (exact) mass is 390 g/mol. The van der Waals surface area contributed by atoms with Gasteiger partial charge in [0.1, 0.15) is 0 Å². The molecule has 0 heterocycles. The minimum absolute atomic E-state index is 0.0573. The Morgan fingerprint density at radius 2 is 1.71 bits per heavy atom. The van der Waals surface area contributed by atoms with Crippen LogP contribution in [0.3, 0.4) is 0 Å². The second-order valence-corrected chi connectivity index (χ2v) is 5.87. The summed E-state index contributed by atoms with van der Waals surface area (Å²) in [6.45, 7) is 3.39. The molecule has 0 spiro atoms. The average molecular weight is 390 g/mol. The van der Waals surface area contributed by atoms with E-state index in [2.05, 4.69) is 5.32 Å². The van der Waals surface area contributed by atoms with Crippen LogP contribution in [0.1, 0.15) is 30.6 Å². The largest absolute Gasteiger partial charge is 0.462 e. The lowest BCUT2D eigenvalue weighted by Crippen LogP contribution is -2.32. The van der Waals surface area contributed by atoms with Gasteiger partial charge in [0.25, 0.3) is 0 Å². The van der Waals surface area contributed by atoms with Gasteiger partial charge in [-0.3, -0.25) is 9.59 Å². The van der Waals surface area contributed by atoms with E-state index in [-0.39, 0.29) is 31.2 Å². The topological polar surface area (TPSA) is 75.7 Å². The third-order valence-electron chi connectivity index (χ3n) is 3.84. The summed E-state index contributed by atoms with van der Waals surface area (Å²) >= 11 is 0. The summed E-state index contributed by atoms with van der Waals surface area (Å²) in [4.78, 5) is 37.0. The second kappa shape index (κ2) is 9.59. The van der Waals surface area contributed by atoms with Crippen molar-refractivity contribution in [2.45, 2.75) is 20.3 Å². The summed E-state index contributed by atoms with van der Waals surface area (Å²) in [6, 6.07) is 9.27. The van der Waals surface area contributed by atoms with Crippen molar-refractivity contribution in [1.29, 1.82) is 0 Å². The number of hydrogen-bond donors (Lipinski definition) is 1. The number of nitrogens with one attached hydrogen (secondary N) is 1. The molecule has 0 saturated carbocycles. The number of halogens is 2. The van der Waals surface area contributed by atoms with E-state index in [1.54, 1.807) is 19.1 Å². The lowest BCUT2D eigenvalue weighted by Gasteiger charge is -2.21. The molecule has 0 aliphatic carbocycles. The molecule has 8 heteroatoms. The SMILES string of the molecule is CCOC(=O)c1ccc(N(CCC(=O)Nc2ccc(F)c(F)c2)C(C)=O)cc1. The Bertz CT molecular complexity index is 869. The highest BCUT2D eigenvalue weighted by atomic mass is 19.2. The maximum atomic E-state index is 13.2. The highest BCUT2D eigenvalue weighted by Gasteiger charge is 2.15. The van der Waals surface area contributed by atoms with Gasteiger partial charge in [-0.05, 0) is 43.3 Å². The molecule has 0 atom stereocenters. The van der Waals surface area contributed by atoms with Crippen LogP contribution in [0.25, 0.3) is 0 Å². The first kappa shape index (κ1) is 21.0. The molecule has 2 aromatic rings. The van der Waals surface area contributed by atoms with Crippen molar-refractivity contribution in [3.8, 4) is 0 Å². The molecule has 6 nitrogen and oxygen atoms in total. The fraction of sp³-hybridized carbons (Fsp3) is 0.250. The number of anilines is 2. The van der Waals surface area contributed by atoms with Crippen LogP contribution < -0.4 is 10.2 Å². The summed E-state index contributed by atoms with van der Waals surface area (Å²) in [5, 5.41) is 2.45. The molecule has 1 N–H and O–H groups in total. The molecule has 148 valence electrons. The van der Waals surface area contributed by atoms with Crippen molar-refractivity contribution in [3.63, 3.8) is 0 Å².